The molecule has 0 radical (unpaired) electrons. The molecule has 35 heavy (non-hydrogen) atoms. The van der Waals surface area contributed by atoms with Crippen molar-refractivity contribution in [3.63, 3.8) is 0 Å². The minimum atomic E-state index is -0.698. The van der Waals surface area contributed by atoms with Crippen LogP contribution in [0.4, 0.5) is 0 Å². The molecule has 0 spiro atoms. The van der Waals surface area contributed by atoms with Gasteiger partial charge in [0.2, 0.25) is 0 Å². The zero-order valence-electron chi connectivity index (χ0n) is 18.2. The van der Waals surface area contributed by atoms with Gasteiger partial charge in [-0.25, -0.2) is 0 Å². The van der Waals surface area contributed by atoms with E-state index in [0.717, 1.165) is 32.5 Å². The lowest BCUT2D eigenvalue weighted by Gasteiger charge is -2.31. The summed E-state index contributed by atoms with van der Waals surface area (Å²) in [5.41, 5.74) is 0.373. The second-order valence-corrected chi connectivity index (χ2v) is 10.4. The van der Waals surface area contributed by atoms with Crippen LogP contribution in [0.1, 0.15) is 62.3 Å². The highest BCUT2D eigenvalue weighted by Gasteiger charge is 2.44. The van der Waals surface area contributed by atoms with E-state index in [1.807, 2.05) is 12.1 Å². The predicted octanol–water partition coefficient (Wildman–Crippen LogP) is 3.64. The van der Waals surface area contributed by atoms with Crippen molar-refractivity contribution in [1.29, 1.82) is 15.8 Å². The highest BCUT2D eigenvalue weighted by Crippen LogP contribution is 2.51. The average molecular weight is 496 g/mol. The molecular weight excluding hydrogens is 486 g/mol. The summed E-state index contributed by atoms with van der Waals surface area (Å²) in [5, 5.41) is 30.1. The van der Waals surface area contributed by atoms with Gasteiger partial charge in [0, 0.05) is 40.5 Å². The summed E-state index contributed by atoms with van der Waals surface area (Å²) in [4.78, 5) is 56.4. The number of imide groups is 2. The summed E-state index contributed by atoms with van der Waals surface area (Å²) in [6.45, 7) is 1.70. The van der Waals surface area contributed by atoms with E-state index in [1.165, 1.54) is 14.1 Å². The maximum Gasteiger partial charge on any atom is 0.262 e. The van der Waals surface area contributed by atoms with Crippen LogP contribution >= 0.6 is 22.7 Å². The number of carbonyl (C=O) groups excluding carboxylic acids is 4. The fourth-order valence-corrected chi connectivity index (χ4v) is 7.29. The summed E-state index contributed by atoms with van der Waals surface area (Å²) in [6.07, 6.45) is 0. The van der Waals surface area contributed by atoms with E-state index in [2.05, 4.69) is 6.07 Å². The minimum Gasteiger partial charge on any atom is -0.277 e. The van der Waals surface area contributed by atoms with E-state index < -0.39 is 23.6 Å². The first-order valence-corrected chi connectivity index (χ1v) is 11.7. The predicted molar refractivity (Wildman–Crippen MR) is 126 cm³/mol. The summed E-state index contributed by atoms with van der Waals surface area (Å²) in [6, 6.07) is 6.04. The van der Waals surface area contributed by atoms with Gasteiger partial charge in [0.05, 0.1) is 42.8 Å². The van der Waals surface area contributed by atoms with Crippen molar-refractivity contribution in [2.24, 2.45) is 0 Å². The second kappa shape index (κ2) is 6.49. The number of nitriles is 3. The standard InChI is InChI=1S/C24H9N5O4S2/c1-7-8(4-25)11-15-13-14-16(22(31)29(3)23(32)17(14)19(11)34-7)12-9(5-26)10(6-27)35-20(12)18(13)24(33)28(2)21(15)30/h1-3H3. The number of nitrogens with zero attached hydrogens (tertiary/aromatic N) is 5. The Morgan fingerprint density at radius 1 is 0.600 bits per heavy atom. The molecule has 0 aliphatic carbocycles. The number of aryl methyl sites for hydroxylation is 1. The Hall–Kier alpha value is -4.63. The zero-order valence-corrected chi connectivity index (χ0v) is 19.8. The molecule has 4 aromatic rings. The van der Waals surface area contributed by atoms with Gasteiger partial charge in [-0.1, -0.05) is 0 Å². The van der Waals surface area contributed by atoms with Gasteiger partial charge < -0.3 is 0 Å². The Balaban J connectivity index is 2.11. The smallest absolute Gasteiger partial charge is 0.262 e. The lowest BCUT2D eigenvalue weighted by molar-refractivity contribution is 0.0633. The fraction of sp³-hybridized carbons (Fsp3) is 0.125. The van der Waals surface area contributed by atoms with Crippen molar-refractivity contribution in [2.45, 2.75) is 6.92 Å². The molecule has 9 nitrogen and oxygen atoms in total. The first-order valence-electron chi connectivity index (χ1n) is 10.1. The van der Waals surface area contributed by atoms with E-state index in [4.69, 9.17) is 0 Å². The third kappa shape index (κ3) is 2.14. The monoisotopic (exact) mass is 495 g/mol. The molecule has 166 valence electrons. The molecule has 4 amide bonds. The van der Waals surface area contributed by atoms with Gasteiger partial charge >= 0.3 is 0 Å². The molecule has 2 aliphatic heterocycles. The van der Waals surface area contributed by atoms with Crippen molar-refractivity contribution in [3.05, 3.63) is 43.1 Å². The minimum absolute atomic E-state index is 0.00279. The molecular formula is C24H9N5O4S2. The van der Waals surface area contributed by atoms with Crippen molar-refractivity contribution < 1.29 is 19.2 Å². The van der Waals surface area contributed by atoms with E-state index in [1.54, 1.807) is 6.92 Å². The number of hydrogen-bond acceptors (Lipinski definition) is 9. The molecule has 0 bridgehead atoms. The molecule has 4 heterocycles. The Bertz CT molecular complexity index is 1960. The maximum atomic E-state index is 13.5. The highest BCUT2D eigenvalue weighted by atomic mass is 32.1. The van der Waals surface area contributed by atoms with Crippen LogP contribution < -0.4 is 0 Å². The van der Waals surface area contributed by atoms with Crippen LogP contribution in [0.2, 0.25) is 0 Å². The normalized spacial score (nSPS) is 14.7. The van der Waals surface area contributed by atoms with Crippen molar-refractivity contribution in [1.82, 2.24) is 9.80 Å². The highest BCUT2D eigenvalue weighted by molar-refractivity contribution is 7.21. The Morgan fingerprint density at radius 3 is 1.49 bits per heavy atom. The molecule has 11 heteroatoms. The first-order chi connectivity index (χ1) is 16.7. The Kier molecular flexibility index (Phi) is 3.88. The average Bonchev–Trinajstić information content (AvgIpc) is 3.38. The number of carbonyl (C=O) groups is 4. The topological polar surface area (TPSA) is 146 Å². The summed E-state index contributed by atoms with van der Waals surface area (Å²) < 4.78 is 0.584. The molecule has 0 atom stereocenters. The molecule has 0 fully saturated rings. The van der Waals surface area contributed by atoms with E-state index in [0.29, 0.717) is 9.58 Å². The number of amides is 4. The molecule has 2 aliphatic rings. The fourth-order valence-electron chi connectivity index (χ4n) is 5.04. The van der Waals surface area contributed by atoms with Gasteiger partial charge in [-0.2, -0.15) is 15.8 Å². The molecule has 2 aromatic heterocycles. The van der Waals surface area contributed by atoms with Crippen LogP contribution in [-0.4, -0.2) is 47.5 Å². The molecule has 0 unspecified atom stereocenters. The van der Waals surface area contributed by atoms with Gasteiger partial charge in [-0.3, -0.25) is 29.0 Å². The molecule has 0 N–H and O–H groups in total. The SMILES string of the molecule is Cc1sc2c3c4c(c5c(C#N)c(C#N)sc5c5c4c(c2c1C#N)C(=O)N(C)C5=O)C(=O)N(C)C3=O. The van der Waals surface area contributed by atoms with Gasteiger partial charge in [0.25, 0.3) is 23.6 Å². The van der Waals surface area contributed by atoms with Crippen LogP contribution in [0.3, 0.4) is 0 Å². The molecule has 2 aromatic carbocycles. The summed E-state index contributed by atoms with van der Waals surface area (Å²) in [5.74, 6) is -2.67. The lowest BCUT2D eigenvalue weighted by Crippen LogP contribution is -2.40. The molecule has 0 saturated heterocycles. The van der Waals surface area contributed by atoms with Crippen LogP contribution in [0.25, 0.3) is 30.9 Å². The largest absolute Gasteiger partial charge is 0.277 e. The van der Waals surface area contributed by atoms with Crippen LogP contribution in [0.5, 0.6) is 0 Å². The Labute approximate surface area is 204 Å². The number of thiophene rings is 2. The van der Waals surface area contributed by atoms with Crippen LogP contribution in [0.15, 0.2) is 0 Å². The van der Waals surface area contributed by atoms with Crippen LogP contribution in [0, 0.1) is 40.9 Å². The first kappa shape index (κ1) is 20.9. The van der Waals surface area contributed by atoms with E-state index >= 15 is 0 Å². The third-order valence-corrected chi connectivity index (χ3v) is 8.83. The van der Waals surface area contributed by atoms with Gasteiger partial charge in [-0.15, -0.1) is 22.7 Å². The second-order valence-electron chi connectivity index (χ2n) is 8.17. The van der Waals surface area contributed by atoms with Crippen molar-refractivity contribution in [3.8, 4) is 18.2 Å². The van der Waals surface area contributed by atoms with E-state index in [-0.39, 0.29) is 64.5 Å². The van der Waals surface area contributed by atoms with E-state index in [9.17, 15) is 35.0 Å². The van der Waals surface area contributed by atoms with Gasteiger partial charge in [0.15, 0.2) is 0 Å². The number of benzene rings is 2. The van der Waals surface area contributed by atoms with Gasteiger partial charge in [0.1, 0.15) is 23.1 Å². The number of rotatable bonds is 0. The Morgan fingerprint density at radius 2 is 1.03 bits per heavy atom. The molecule has 6 rings (SSSR count). The lowest BCUT2D eigenvalue weighted by atomic mass is 9.81. The van der Waals surface area contributed by atoms with Crippen molar-refractivity contribution in [2.75, 3.05) is 14.1 Å². The zero-order chi connectivity index (χ0) is 25.1. The summed E-state index contributed by atoms with van der Waals surface area (Å²) >= 11 is 2.04. The van der Waals surface area contributed by atoms with Crippen LogP contribution in [-0.2, 0) is 0 Å². The quantitative estimate of drug-likeness (QED) is 0.338. The number of hydrogen-bond donors (Lipinski definition) is 0. The van der Waals surface area contributed by atoms with Crippen molar-refractivity contribution >= 4 is 77.2 Å². The third-order valence-electron chi connectivity index (χ3n) is 6.60. The maximum absolute atomic E-state index is 13.5. The van der Waals surface area contributed by atoms with Gasteiger partial charge in [-0.05, 0) is 6.92 Å². The number of fused-ring (bicyclic) bond motifs is 6. The summed E-state index contributed by atoms with van der Waals surface area (Å²) in [7, 11) is 2.62. The molecule has 0 saturated carbocycles.